The molecule has 1 atom stereocenters. The Balaban J connectivity index is 2.65. The molecule has 1 aliphatic heterocycles. The number of carbonyl (C=O) groups is 1. The first kappa shape index (κ1) is 9.30. The molecule has 0 amide bonds. The zero-order valence-electron chi connectivity index (χ0n) is 7.16. The summed E-state index contributed by atoms with van der Waals surface area (Å²) in [6, 6.07) is 2.58. The van der Waals surface area contributed by atoms with Gasteiger partial charge in [-0.05, 0) is 12.1 Å². The van der Waals surface area contributed by atoms with E-state index in [9.17, 15) is 4.79 Å². The number of aromatic carboxylic acids is 1. The Bertz CT molecular complexity index is 405. The lowest BCUT2D eigenvalue weighted by Gasteiger charge is -2.06. The number of halogens is 1. The van der Waals surface area contributed by atoms with Gasteiger partial charge in [0.25, 0.3) is 0 Å². The first-order valence-corrected chi connectivity index (χ1v) is 4.42. The maximum absolute atomic E-state index is 10.9. The van der Waals surface area contributed by atoms with Crippen LogP contribution in [0.4, 0.5) is 0 Å². The molecule has 0 radical (unpaired) electrons. The molecule has 3 N–H and O–H groups in total. The lowest BCUT2D eigenvalue weighted by Crippen LogP contribution is -2.14. The highest BCUT2D eigenvalue weighted by Gasteiger charge is 2.27. The van der Waals surface area contributed by atoms with E-state index >= 15 is 0 Å². The minimum absolute atomic E-state index is 0.123. The lowest BCUT2D eigenvalue weighted by atomic mass is 10.0. The highest BCUT2D eigenvalue weighted by atomic mass is 35.5. The van der Waals surface area contributed by atoms with Gasteiger partial charge in [-0.1, -0.05) is 11.6 Å². The van der Waals surface area contributed by atoms with Crippen molar-refractivity contribution in [3.8, 4) is 5.75 Å². The summed E-state index contributed by atoms with van der Waals surface area (Å²) in [7, 11) is 0. The van der Waals surface area contributed by atoms with E-state index in [-0.39, 0.29) is 11.6 Å². The minimum atomic E-state index is -1.04. The number of carboxylic acid groups (broad SMARTS) is 1. The van der Waals surface area contributed by atoms with Crippen molar-refractivity contribution in [2.24, 2.45) is 5.73 Å². The molecule has 0 bridgehead atoms. The van der Waals surface area contributed by atoms with Crippen molar-refractivity contribution < 1.29 is 14.6 Å². The van der Waals surface area contributed by atoms with Crippen molar-refractivity contribution >= 4 is 17.6 Å². The third-order valence-electron chi connectivity index (χ3n) is 2.13. The minimum Gasteiger partial charge on any atom is -0.491 e. The van der Waals surface area contributed by atoms with Crippen LogP contribution in [-0.2, 0) is 0 Å². The van der Waals surface area contributed by atoms with Gasteiger partial charge in [0.1, 0.15) is 12.4 Å². The molecule has 1 aromatic carbocycles. The van der Waals surface area contributed by atoms with Gasteiger partial charge in [-0.3, -0.25) is 0 Å². The van der Waals surface area contributed by atoms with Gasteiger partial charge in [0.2, 0.25) is 0 Å². The van der Waals surface area contributed by atoms with E-state index in [2.05, 4.69) is 0 Å². The number of rotatable bonds is 1. The molecule has 14 heavy (non-hydrogen) atoms. The molecular weight excluding hydrogens is 206 g/mol. The first-order valence-electron chi connectivity index (χ1n) is 4.04. The van der Waals surface area contributed by atoms with E-state index in [1.807, 2.05) is 0 Å². The average Bonchev–Trinajstić information content (AvgIpc) is 2.46. The molecule has 1 heterocycles. The molecule has 1 aromatic rings. The molecule has 0 aliphatic carbocycles. The fourth-order valence-corrected chi connectivity index (χ4v) is 1.74. The molecule has 1 aliphatic rings. The van der Waals surface area contributed by atoms with Gasteiger partial charge in [-0.25, -0.2) is 4.79 Å². The fraction of sp³-hybridized carbons (Fsp3) is 0.222. The second-order valence-electron chi connectivity index (χ2n) is 3.09. The molecule has 74 valence electrons. The summed E-state index contributed by atoms with van der Waals surface area (Å²) in [5.74, 6) is -0.563. The third-order valence-corrected chi connectivity index (χ3v) is 2.34. The van der Waals surface area contributed by atoms with Gasteiger partial charge in [0, 0.05) is 10.6 Å². The second-order valence-corrected chi connectivity index (χ2v) is 3.52. The van der Waals surface area contributed by atoms with Gasteiger partial charge in [-0.15, -0.1) is 0 Å². The Morgan fingerprint density at radius 3 is 3.00 bits per heavy atom. The van der Waals surface area contributed by atoms with Crippen LogP contribution in [0.3, 0.4) is 0 Å². The van der Waals surface area contributed by atoms with E-state index < -0.39 is 5.97 Å². The molecule has 0 unspecified atom stereocenters. The number of benzene rings is 1. The molecule has 5 heteroatoms. The number of hydrogen-bond donors (Lipinski definition) is 2. The number of fused-ring (bicyclic) bond motifs is 1. The van der Waals surface area contributed by atoms with Crippen LogP contribution in [0.1, 0.15) is 22.0 Å². The van der Waals surface area contributed by atoms with Gasteiger partial charge in [0.05, 0.1) is 11.6 Å². The van der Waals surface area contributed by atoms with Gasteiger partial charge in [0.15, 0.2) is 0 Å². The van der Waals surface area contributed by atoms with Crippen molar-refractivity contribution in [1.82, 2.24) is 0 Å². The van der Waals surface area contributed by atoms with Crippen LogP contribution in [0.2, 0.25) is 5.02 Å². The molecule has 4 nitrogen and oxygen atoms in total. The SMILES string of the molecule is N[C@H]1COc2cc(Cl)cc(C(=O)O)c21. The van der Waals surface area contributed by atoms with Crippen molar-refractivity contribution in [2.75, 3.05) is 6.61 Å². The average molecular weight is 214 g/mol. The topological polar surface area (TPSA) is 72.5 Å². The summed E-state index contributed by atoms with van der Waals surface area (Å²) >= 11 is 5.74. The summed E-state index contributed by atoms with van der Waals surface area (Å²) in [6.45, 7) is 0.302. The zero-order chi connectivity index (χ0) is 10.3. The smallest absolute Gasteiger partial charge is 0.336 e. The molecule has 0 aromatic heterocycles. The quantitative estimate of drug-likeness (QED) is 0.740. The highest BCUT2D eigenvalue weighted by Crippen LogP contribution is 2.36. The van der Waals surface area contributed by atoms with Crippen molar-refractivity contribution in [2.45, 2.75) is 6.04 Å². The van der Waals surface area contributed by atoms with Crippen LogP contribution < -0.4 is 10.5 Å². The van der Waals surface area contributed by atoms with E-state index in [1.165, 1.54) is 6.07 Å². The van der Waals surface area contributed by atoms with Crippen LogP contribution in [0.25, 0.3) is 0 Å². The maximum Gasteiger partial charge on any atom is 0.336 e. The molecule has 0 fully saturated rings. The van der Waals surface area contributed by atoms with Crippen LogP contribution in [0, 0.1) is 0 Å². The van der Waals surface area contributed by atoms with E-state index in [0.29, 0.717) is 22.9 Å². The van der Waals surface area contributed by atoms with Crippen molar-refractivity contribution in [3.63, 3.8) is 0 Å². The van der Waals surface area contributed by atoms with Crippen LogP contribution >= 0.6 is 11.6 Å². The maximum atomic E-state index is 10.9. The molecule has 0 spiro atoms. The number of carboxylic acids is 1. The van der Waals surface area contributed by atoms with Crippen LogP contribution in [0.5, 0.6) is 5.75 Å². The standard InChI is InChI=1S/C9H8ClNO3/c10-4-1-5(9(12)13)8-6(11)3-14-7(8)2-4/h1-2,6H,3,11H2,(H,12,13)/t6-/m0/s1. The Hall–Kier alpha value is -1.26. The predicted molar refractivity (Wildman–Crippen MR) is 50.8 cm³/mol. The van der Waals surface area contributed by atoms with Crippen molar-refractivity contribution in [3.05, 3.63) is 28.3 Å². The van der Waals surface area contributed by atoms with Crippen LogP contribution in [0.15, 0.2) is 12.1 Å². The first-order chi connectivity index (χ1) is 6.59. The number of hydrogen-bond acceptors (Lipinski definition) is 3. The van der Waals surface area contributed by atoms with E-state index in [0.717, 1.165) is 0 Å². The molecule has 0 saturated heterocycles. The monoisotopic (exact) mass is 213 g/mol. The van der Waals surface area contributed by atoms with Crippen molar-refractivity contribution in [1.29, 1.82) is 0 Å². The highest BCUT2D eigenvalue weighted by molar-refractivity contribution is 6.31. The Morgan fingerprint density at radius 2 is 2.36 bits per heavy atom. The van der Waals surface area contributed by atoms with E-state index in [4.69, 9.17) is 27.2 Å². The Labute approximate surface area is 85.2 Å². The molecular formula is C9H8ClNO3. The fourth-order valence-electron chi connectivity index (χ4n) is 1.53. The Morgan fingerprint density at radius 1 is 1.64 bits per heavy atom. The Kier molecular flexibility index (Phi) is 2.09. The summed E-state index contributed by atoms with van der Waals surface area (Å²) < 4.78 is 5.21. The number of ether oxygens (including phenoxy) is 1. The van der Waals surface area contributed by atoms with E-state index in [1.54, 1.807) is 6.07 Å². The predicted octanol–water partition coefficient (Wildman–Crippen LogP) is 1.43. The molecule has 0 saturated carbocycles. The second kappa shape index (κ2) is 3.15. The van der Waals surface area contributed by atoms with Gasteiger partial charge >= 0.3 is 5.97 Å². The third kappa shape index (κ3) is 1.32. The summed E-state index contributed by atoms with van der Waals surface area (Å²) in [6.07, 6.45) is 0. The van der Waals surface area contributed by atoms with Gasteiger partial charge in [-0.2, -0.15) is 0 Å². The lowest BCUT2D eigenvalue weighted by molar-refractivity contribution is 0.0695. The zero-order valence-corrected chi connectivity index (χ0v) is 7.91. The van der Waals surface area contributed by atoms with Gasteiger partial charge < -0.3 is 15.6 Å². The summed E-state index contributed by atoms with van der Waals surface area (Å²) in [5, 5.41) is 9.26. The normalized spacial score (nSPS) is 18.9. The summed E-state index contributed by atoms with van der Waals surface area (Å²) in [5.41, 5.74) is 6.36. The summed E-state index contributed by atoms with van der Waals surface area (Å²) in [4.78, 5) is 10.9. The van der Waals surface area contributed by atoms with Crippen LogP contribution in [-0.4, -0.2) is 17.7 Å². The molecule has 2 rings (SSSR count). The number of nitrogens with two attached hydrogens (primary N) is 1. The largest absolute Gasteiger partial charge is 0.491 e.